The first kappa shape index (κ1) is 21.1. The number of carbonyl (C=O) groups excluding carboxylic acids is 3. The Morgan fingerprint density at radius 2 is 1.77 bits per heavy atom. The number of carbonyl (C=O) groups is 3. The molecule has 2 aliphatic heterocycles. The normalized spacial score (nSPS) is 19.5. The second-order valence-corrected chi connectivity index (χ2v) is 8.79. The van der Waals surface area contributed by atoms with Crippen LogP contribution in [-0.4, -0.2) is 42.3 Å². The van der Waals surface area contributed by atoms with Gasteiger partial charge in [0.25, 0.3) is 5.91 Å². The number of amides is 3. The summed E-state index contributed by atoms with van der Waals surface area (Å²) in [5, 5.41) is 2.90. The second-order valence-electron chi connectivity index (χ2n) is 8.79. The number of anilines is 2. The van der Waals surface area contributed by atoms with Crippen LogP contribution < -0.4 is 10.2 Å². The molecule has 1 atom stereocenters. The second kappa shape index (κ2) is 8.92. The smallest absolute Gasteiger partial charge is 0.255 e. The van der Waals surface area contributed by atoms with E-state index in [0.29, 0.717) is 23.7 Å². The number of likely N-dealkylation sites (tertiary alicyclic amines) is 1. The van der Waals surface area contributed by atoms with Gasteiger partial charge in [0.2, 0.25) is 11.8 Å². The first-order valence-corrected chi connectivity index (χ1v) is 11.0. The number of nitrogens with one attached hydrogen (secondary N) is 1. The SMILES string of the molecule is Cc1cccc(NC(=O)c2cccc(N3C[C@@H](C(=O)N4CCC(C)CC4)CC3=O)c2)c1. The first-order chi connectivity index (χ1) is 14.9. The van der Waals surface area contributed by atoms with Crippen LogP contribution >= 0.6 is 0 Å². The minimum Gasteiger partial charge on any atom is -0.342 e. The molecule has 162 valence electrons. The highest BCUT2D eigenvalue weighted by Crippen LogP contribution is 2.28. The van der Waals surface area contributed by atoms with Crippen LogP contribution in [0.5, 0.6) is 0 Å². The van der Waals surface area contributed by atoms with Gasteiger partial charge in [0.05, 0.1) is 5.92 Å². The van der Waals surface area contributed by atoms with Crippen molar-refractivity contribution in [3.8, 4) is 0 Å². The van der Waals surface area contributed by atoms with E-state index >= 15 is 0 Å². The average molecular weight is 420 g/mol. The lowest BCUT2D eigenvalue weighted by Gasteiger charge is -2.32. The molecule has 0 radical (unpaired) electrons. The Balaban J connectivity index is 1.44. The van der Waals surface area contributed by atoms with E-state index in [1.165, 1.54) is 0 Å². The quantitative estimate of drug-likeness (QED) is 0.818. The fourth-order valence-electron chi connectivity index (χ4n) is 4.35. The lowest BCUT2D eigenvalue weighted by molar-refractivity contribution is -0.137. The summed E-state index contributed by atoms with van der Waals surface area (Å²) in [5.74, 6) is 0.121. The summed E-state index contributed by atoms with van der Waals surface area (Å²) < 4.78 is 0. The largest absolute Gasteiger partial charge is 0.342 e. The predicted molar refractivity (Wildman–Crippen MR) is 121 cm³/mol. The standard InChI is InChI=1S/C25H29N3O3/c1-17-9-11-27(12-10-17)25(31)20-15-23(29)28(16-20)22-8-4-6-19(14-22)24(30)26-21-7-3-5-18(2)13-21/h3-8,13-14,17,20H,9-12,15-16H2,1-2H3,(H,26,30)/t20-/m0/s1. The van der Waals surface area contributed by atoms with E-state index in [1.807, 2.05) is 42.2 Å². The van der Waals surface area contributed by atoms with Crippen molar-refractivity contribution in [2.24, 2.45) is 11.8 Å². The Bertz CT molecular complexity index is 995. The van der Waals surface area contributed by atoms with Gasteiger partial charge in [0.1, 0.15) is 0 Å². The number of hydrogen-bond donors (Lipinski definition) is 1. The van der Waals surface area contributed by atoms with Crippen molar-refractivity contribution in [3.05, 3.63) is 59.7 Å². The molecule has 0 aromatic heterocycles. The van der Waals surface area contributed by atoms with Crippen molar-refractivity contribution in [2.75, 3.05) is 29.9 Å². The van der Waals surface area contributed by atoms with Crippen molar-refractivity contribution in [2.45, 2.75) is 33.1 Å². The van der Waals surface area contributed by atoms with Gasteiger partial charge in [0, 0.05) is 43.0 Å². The zero-order valence-corrected chi connectivity index (χ0v) is 18.1. The number of hydrogen-bond acceptors (Lipinski definition) is 3. The minimum absolute atomic E-state index is 0.0695. The van der Waals surface area contributed by atoms with Crippen LogP contribution in [0, 0.1) is 18.8 Å². The van der Waals surface area contributed by atoms with Crippen molar-refractivity contribution in [1.29, 1.82) is 0 Å². The summed E-state index contributed by atoms with van der Waals surface area (Å²) in [7, 11) is 0. The minimum atomic E-state index is -0.314. The van der Waals surface area contributed by atoms with Crippen molar-refractivity contribution in [1.82, 2.24) is 4.90 Å². The van der Waals surface area contributed by atoms with Gasteiger partial charge in [-0.1, -0.05) is 25.1 Å². The van der Waals surface area contributed by atoms with Crippen LogP contribution in [0.3, 0.4) is 0 Å². The zero-order chi connectivity index (χ0) is 22.0. The summed E-state index contributed by atoms with van der Waals surface area (Å²) in [6, 6.07) is 14.7. The van der Waals surface area contributed by atoms with Gasteiger partial charge in [-0.2, -0.15) is 0 Å². The number of piperidine rings is 1. The average Bonchev–Trinajstić information content (AvgIpc) is 3.15. The molecule has 6 heteroatoms. The fraction of sp³-hybridized carbons (Fsp3) is 0.400. The highest BCUT2D eigenvalue weighted by atomic mass is 16.2. The number of rotatable bonds is 4. The lowest BCUT2D eigenvalue weighted by atomic mass is 9.97. The lowest BCUT2D eigenvalue weighted by Crippen LogP contribution is -2.42. The van der Waals surface area contributed by atoms with Crippen molar-refractivity contribution in [3.63, 3.8) is 0 Å². The molecule has 2 heterocycles. The van der Waals surface area contributed by atoms with E-state index in [2.05, 4.69) is 12.2 Å². The van der Waals surface area contributed by atoms with E-state index < -0.39 is 0 Å². The first-order valence-electron chi connectivity index (χ1n) is 11.0. The van der Waals surface area contributed by atoms with Crippen LogP contribution in [0.25, 0.3) is 0 Å². The molecule has 6 nitrogen and oxygen atoms in total. The molecule has 0 aliphatic carbocycles. The Morgan fingerprint density at radius 3 is 2.52 bits per heavy atom. The van der Waals surface area contributed by atoms with E-state index in [-0.39, 0.29) is 30.1 Å². The molecule has 3 amide bonds. The molecular weight excluding hydrogens is 390 g/mol. The maximum Gasteiger partial charge on any atom is 0.255 e. The summed E-state index contributed by atoms with van der Waals surface area (Å²) in [4.78, 5) is 41.9. The third kappa shape index (κ3) is 4.79. The fourth-order valence-corrected chi connectivity index (χ4v) is 4.35. The summed E-state index contributed by atoms with van der Waals surface area (Å²) in [6.45, 7) is 6.10. The van der Waals surface area contributed by atoms with Gasteiger partial charge < -0.3 is 15.1 Å². The Labute approximate surface area is 183 Å². The van der Waals surface area contributed by atoms with Crippen molar-refractivity contribution >= 4 is 29.1 Å². The number of nitrogens with zero attached hydrogens (tertiary/aromatic N) is 2. The topological polar surface area (TPSA) is 69.7 Å². The molecule has 2 aromatic carbocycles. The van der Waals surface area contributed by atoms with Gasteiger partial charge in [-0.25, -0.2) is 0 Å². The molecule has 2 fully saturated rings. The van der Waals surface area contributed by atoms with Crippen LogP contribution in [0.1, 0.15) is 42.1 Å². The Morgan fingerprint density at radius 1 is 1.03 bits per heavy atom. The number of aryl methyl sites for hydroxylation is 1. The predicted octanol–water partition coefficient (Wildman–Crippen LogP) is 3.86. The molecule has 0 unspecified atom stereocenters. The van der Waals surface area contributed by atoms with Crippen LogP contribution in [-0.2, 0) is 9.59 Å². The van der Waals surface area contributed by atoms with Gasteiger partial charge in [-0.15, -0.1) is 0 Å². The zero-order valence-electron chi connectivity index (χ0n) is 18.1. The van der Waals surface area contributed by atoms with Crippen LogP contribution in [0.4, 0.5) is 11.4 Å². The molecule has 0 spiro atoms. The molecule has 0 bridgehead atoms. The molecule has 31 heavy (non-hydrogen) atoms. The Kier molecular flexibility index (Phi) is 6.07. The molecule has 0 saturated carbocycles. The summed E-state index contributed by atoms with van der Waals surface area (Å²) >= 11 is 0. The van der Waals surface area contributed by atoms with Gasteiger partial charge >= 0.3 is 0 Å². The van der Waals surface area contributed by atoms with Gasteiger partial charge in [-0.3, -0.25) is 14.4 Å². The third-order valence-electron chi connectivity index (χ3n) is 6.27. The highest BCUT2D eigenvalue weighted by molar-refractivity contribution is 6.06. The van der Waals surface area contributed by atoms with Gasteiger partial charge in [-0.05, 0) is 61.6 Å². The molecule has 1 N–H and O–H groups in total. The van der Waals surface area contributed by atoms with Crippen LogP contribution in [0.15, 0.2) is 48.5 Å². The maximum absolute atomic E-state index is 12.9. The Hall–Kier alpha value is -3.15. The van der Waals surface area contributed by atoms with Crippen molar-refractivity contribution < 1.29 is 14.4 Å². The van der Waals surface area contributed by atoms with E-state index in [9.17, 15) is 14.4 Å². The van der Waals surface area contributed by atoms with E-state index in [4.69, 9.17) is 0 Å². The van der Waals surface area contributed by atoms with Gasteiger partial charge in [0.15, 0.2) is 0 Å². The molecule has 2 aliphatic rings. The summed E-state index contributed by atoms with van der Waals surface area (Å²) in [5.41, 5.74) is 2.93. The van der Waals surface area contributed by atoms with E-state index in [1.54, 1.807) is 23.1 Å². The van der Waals surface area contributed by atoms with E-state index in [0.717, 1.165) is 37.2 Å². The maximum atomic E-state index is 12.9. The monoisotopic (exact) mass is 419 g/mol. The third-order valence-corrected chi connectivity index (χ3v) is 6.27. The molecule has 2 saturated heterocycles. The number of benzene rings is 2. The van der Waals surface area contributed by atoms with Crippen LogP contribution in [0.2, 0.25) is 0 Å². The summed E-state index contributed by atoms with van der Waals surface area (Å²) in [6.07, 6.45) is 2.27. The highest BCUT2D eigenvalue weighted by Gasteiger charge is 2.38. The molecule has 4 rings (SSSR count). The molecule has 2 aromatic rings. The molecular formula is C25H29N3O3.